The summed E-state index contributed by atoms with van der Waals surface area (Å²) in [6, 6.07) is 9.95. The molecule has 1 saturated heterocycles. The first kappa shape index (κ1) is 15.6. The largest absolute Gasteiger partial charge is 0.325 e. The summed E-state index contributed by atoms with van der Waals surface area (Å²) in [6.45, 7) is 3.56. The van der Waals surface area contributed by atoms with E-state index < -0.39 is 5.82 Å². The number of nitrogens with one attached hydrogen (secondary N) is 2. The maximum Gasteiger partial charge on any atom is 0.227 e. The zero-order chi connectivity index (χ0) is 16.4. The van der Waals surface area contributed by atoms with Gasteiger partial charge in [0.15, 0.2) is 0 Å². The Balaban J connectivity index is 1.86. The fraction of sp³-hybridized carbons (Fsp3) is 0.278. The average Bonchev–Trinajstić information content (AvgIpc) is 2.48. The molecular formula is C18H18F2N2O. The van der Waals surface area contributed by atoms with Crippen molar-refractivity contribution in [3.63, 3.8) is 0 Å². The van der Waals surface area contributed by atoms with Crippen molar-refractivity contribution >= 4 is 11.6 Å². The van der Waals surface area contributed by atoms with E-state index in [1.807, 2.05) is 6.92 Å². The minimum Gasteiger partial charge on any atom is -0.325 e. The number of carbonyl (C=O) groups is 1. The second-order valence-electron chi connectivity index (χ2n) is 5.89. The zero-order valence-electron chi connectivity index (χ0n) is 12.8. The van der Waals surface area contributed by atoms with Crippen LogP contribution in [0.25, 0.3) is 11.1 Å². The lowest BCUT2D eigenvalue weighted by Gasteiger charge is -2.31. The van der Waals surface area contributed by atoms with Gasteiger partial charge in [-0.05, 0) is 54.9 Å². The third-order valence-corrected chi connectivity index (χ3v) is 4.33. The van der Waals surface area contributed by atoms with Gasteiger partial charge in [0.25, 0.3) is 0 Å². The lowest BCUT2D eigenvalue weighted by Crippen LogP contribution is -2.48. The van der Waals surface area contributed by atoms with Crippen LogP contribution in [0.4, 0.5) is 14.5 Å². The van der Waals surface area contributed by atoms with Crippen molar-refractivity contribution in [3.05, 3.63) is 54.1 Å². The molecule has 1 fully saturated rings. The molecule has 3 rings (SSSR count). The van der Waals surface area contributed by atoms with E-state index in [1.165, 1.54) is 30.3 Å². The van der Waals surface area contributed by atoms with Crippen molar-refractivity contribution in [2.45, 2.75) is 6.92 Å². The van der Waals surface area contributed by atoms with Gasteiger partial charge in [-0.15, -0.1) is 0 Å². The third-order valence-electron chi connectivity index (χ3n) is 4.33. The molecule has 2 aromatic rings. The SMILES string of the molecule is CC(C(=O)Nc1ccc(F)cc1-c1ccc(F)cc1)C1CNC1. The van der Waals surface area contributed by atoms with E-state index in [0.29, 0.717) is 22.7 Å². The van der Waals surface area contributed by atoms with Gasteiger partial charge in [0.05, 0.1) is 0 Å². The van der Waals surface area contributed by atoms with Crippen LogP contribution in [-0.4, -0.2) is 19.0 Å². The topological polar surface area (TPSA) is 41.1 Å². The molecule has 0 bridgehead atoms. The van der Waals surface area contributed by atoms with Crippen molar-refractivity contribution in [2.75, 3.05) is 18.4 Å². The lowest BCUT2D eigenvalue weighted by atomic mass is 9.88. The monoisotopic (exact) mass is 316 g/mol. The highest BCUT2D eigenvalue weighted by Gasteiger charge is 2.29. The summed E-state index contributed by atoms with van der Waals surface area (Å²) in [5.74, 6) is -0.654. The molecule has 1 aliphatic heterocycles. The molecule has 1 heterocycles. The number of hydrogen-bond donors (Lipinski definition) is 2. The number of anilines is 1. The molecule has 120 valence electrons. The van der Waals surface area contributed by atoms with Crippen LogP contribution in [0.2, 0.25) is 0 Å². The highest BCUT2D eigenvalue weighted by atomic mass is 19.1. The number of amides is 1. The van der Waals surface area contributed by atoms with E-state index >= 15 is 0 Å². The number of benzene rings is 2. The molecule has 0 aromatic heterocycles. The predicted octanol–water partition coefficient (Wildman–Crippen LogP) is 3.43. The molecule has 1 unspecified atom stereocenters. The highest BCUT2D eigenvalue weighted by Crippen LogP contribution is 2.30. The molecule has 0 saturated carbocycles. The van der Waals surface area contributed by atoms with E-state index in [1.54, 1.807) is 12.1 Å². The summed E-state index contributed by atoms with van der Waals surface area (Å²) in [7, 11) is 0. The molecule has 0 radical (unpaired) electrons. The van der Waals surface area contributed by atoms with Crippen LogP contribution >= 0.6 is 0 Å². The maximum atomic E-state index is 13.6. The van der Waals surface area contributed by atoms with Gasteiger partial charge >= 0.3 is 0 Å². The molecule has 1 atom stereocenters. The van der Waals surface area contributed by atoms with Crippen LogP contribution in [-0.2, 0) is 4.79 Å². The minimum absolute atomic E-state index is 0.0912. The van der Waals surface area contributed by atoms with Gasteiger partial charge in [-0.3, -0.25) is 4.79 Å². The predicted molar refractivity (Wildman–Crippen MR) is 85.9 cm³/mol. The van der Waals surface area contributed by atoms with Crippen LogP contribution in [0.15, 0.2) is 42.5 Å². The van der Waals surface area contributed by atoms with Gasteiger partial charge in [0.2, 0.25) is 5.91 Å². The quantitative estimate of drug-likeness (QED) is 0.907. The Morgan fingerprint density at radius 3 is 2.39 bits per heavy atom. The Hall–Kier alpha value is -2.27. The third kappa shape index (κ3) is 3.40. The van der Waals surface area contributed by atoms with Crippen molar-refractivity contribution in [1.29, 1.82) is 0 Å². The van der Waals surface area contributed by atoms with Gasteiger partial charge in [0, 0.05) is 17.2 Å². The Labute approximate surface area is 133 Å². The minimum atomic E-state index is -0.404. The zero-order valence-corrected chi connectivity index (χ0v) is 12.8. The highest BCUT2D eigenvalue weighted by molar-refractivity contribution is 5.96. The van der Waals surface area contributed by atoms with Crippen LogP contribution in [0.1, 0.15) is 6.92 Å². The first-order valence-electron chi connectivity index (χ1n) is 7.61. The van der Waals surface area contributed by atoms with E-state index in [2.05, 4.69) is 10.6 Å². The van der Waals surface area contributed by atoms with Gasteiger partial charge < -0.3 is 10.6 Å². The van der Waals surface area contributed by atoms with Crippen molar-refractivity contribution < 1.29 is 13.6 Å². The molecule has 2 N–H and O–H groups in total. The molecule has 1 amide bonds. The first-order valence-corrected chi connectivity index (χ1v) is 7.61. The molecule has 0 aliphatic carbocycles. The smallest absolute Gasteiger partial charge is 0.227 e. The Kier molecular flexibility index (Phi) is 4.39. The molecular weight excluding hydrogens is 298 g/mol. The Bertz CT molecular complexity index is 711. The second-order valence-corrected chi connectivity index (χ2v) is 5.89. The molecule has 0 spiro atoms. The molecule has 23 heavy (non-hydrogen) atoms. The van der Waals surface area contributed by atoms with E-state index in [0.717, 1.165) is 13.1 Å². The summed E-state index contributed by atoms with van der Waals surface area (Å²) < 4.78 is 26.7. The second kappa shape index (κ2) is 6.46. The molecule has 1 aliphatic rings. The van der Waals surface area contributed by atoms with Crippen LogP contribution < -0.4 is 10.6 Å². The summed E-state index contributed by atoms with van der Waals surface area (Å²) >= 11 is 0. The summed E-state index contributed by atoms with van der Waals surface area (Å²) in [5, 5.41) is 6.02. The van der Waals surface area contributed by atoms with Crippen LogP contribution in [0.3, 0.4) is 0 Å². The fourth-order valence-electron chi connectivity index (χ4n) is 2.62. The number of halogens is 2. The van der Waals surface area contributed by atoms with Gasteiger partial charge in [-0.2, -0.15) is 0 Å². The van der Waals surface area contributed by atoms with Crippen LogP contribution in [0.5, 0.6) is 0 Å². The normalized spacial score (nSPS) is 15.8. The van der Waals surface area contributed by atoms with Gasteiger partial charge in [-0.25, -0.2) is 8.78 Å². The Morgan fingerprint density at radius 2 is 1.78 bits per heavy atom. The summed E-state index contributed by atoms with van der Waals surface area (Å²) in [6.07, 6.45) is 0. The van der Waals surface area contributed by atoms with Crippen molar-refractivity contribution in [2.24, 2.45) is 11.8 Å². The summed E-state index contributed by atoms with van der Waals surface area (Å²) in [5.41, 5.74) is 1.72. The summed E-state index contributed by atoms with van der Waals surface area (Å²) in [4.78, 5) is 12.4. The molecule has 2 aromatic carbocycles. The van der Waals surface area contributed by atoms with Crippen molar-refractivity contribution in [1.82, 2.24) is 5.32 Å². The average molecular weight is 316 g/mol. The molecule has 3 nitrogen and oxygen atoms in total. The van der Waals surface area contributed by atoms with Crippen LogP contribution in [0, 0.1) is 23.5 Å². The van der Waals surface area contributed by atoms with E-state index in [4.69, 9.17) is 0 Å². The lowest BCUT2D eigenvalue weighted by molar-refractivity contribution is -0.121. The standard InChI is InChI=1S/C18H18F2N2O/c1-11(13-9-21-10-13)18(23)22-17-7-6-15(20)8-16(17)12-2-4-14(19)5-3-12/h2-8,11,13,21H,9-10H2,1H3,(H,22,23). The number of carbonyl (C=O) groups excluding carboxylic acids is 1. The van der Waals surface area contributed by atoms with Gasteiger partial charge in [0.1, 0.15) is 11.6 Å². The van der Waals surface area contributed by atoms with E-state index in [-0.39, 0.29) is 17.6 Å². The fourth-order valence-corrected chi connectivity index (χ4v) is 2.62. The van der Waals surface area contributed by atoms with E-state index in [9.17, 15) is 13.6 Å². The maximum absolute atomic E-state index is 13.6. The first-order chi connectivity index (χ1) is 11.0. The number of rotatable bonds is 4. The number of hydrogen-bond acceptors (Lipinski definition) is 2. The Morgan fingerprint density at radius 1 is 1.13 bits per heavy atom. The van der Waals surface area contributed by atoms with Gasteiger partial charge in [-0.1, -0.05) is 19.1 Å². The molecule has 5 heteroatoms. The van der Waals surface area contributed by atoms with Crippen molar-refractivity contribution in [3.8, 4) is 11.1 Å².